The van der Waals surface area contributed by atoms with Gasteiger partial charge in [-0.15, -0.1) is 0 Å². The Morgan fingerprint density at radius 2 is 1.89 bits per heavy atom. The first-order valence-electron chi connectivity index (χ1n) is 15.8. The Labute approximate surface area is 257 Å². The van der Waals surface area contributed by atoms with Crippen LogP contribution in [-0.2, 0) is 11.2 Å². The second-order valence-electron chi connectivity index (χ2n) is 11.8. The Morgan fingerprint density at radius 1 is 1.14 bits per heavy atom. The molecule has 1 amide bonds. The summed E-state index contributed by atoms with van der Waals surface area (Å²) >= 11 is 0. The van der Waals surface area contributed by atoms with Crippen LogP contribution in [0.1, 0.15) is 59.1 Å². The number of halogens is 2. The number of aromatic nitrogens is 2. The minimum Gasteiger partial charge on any atom is -0.488 e. The summed E-state index contributed by atoms with van der Waals surface area (Å²) in [6, 6.07) is 5.08. The number of rotatable bonds is 7. The van der Waals surface area contributed by atoms with Crippen LogP contribution >= 0.6 is 0 Å². The highest BCUT2D eigenvalue weighted by atomic mass is 19.1. The zero-order valence-corrected chi connectivity index (χ0v) is 26.4. The average Bonchev–Trinajstić information content (AvgIpc) is 2.99. The summed E-state index contributed by atoms with van der Waals surface area (Å²) in [4.78, 5) is 37.3. The fourth-order valence-corrected chi connectivity index (χ4v) is 6.66. The molecular weight excluding hydrogens is 564 g/mol. The van der Waals surface area contributed by atoms with Crippen molar-refractivity contribution in [3.8, 4) is 16.9 Å². The number of piperazine rings is 1. The summed E-state index contributed by atoms with van der Waals surface area (Å²) in [6.45, 7) is 17.5. The van der Waals surface area contributed by atoms with E-state index >= 15 is 4.39 Å². The van der Waals surface area contributed by atoms with Gasteiger partial charge in [0.05, 0.1) is 11.6 Å². The smallest absolute Gasteiger partial charge is 0.350 e. The predicted molar refractivity (Wildman–Crippen MR) is 170 cm³/mol. The van der Waals surface area contributed by atoms with E-state index in [1.165, 1.54) is 18.2 Å². The van der Waals surface area contributed by atoms with Gasteiger partial charge in [-0.3, -0.25) is 9.36 Å². The highest BCUT2D eigenvalue weighted by molar-refractivity contribution is 6.01. The van der Waals surface area contributed by atoms with Crippen molar-refractivity contribution in [2.45, 2.75) is 72.0 Å². The van der Waals surface area contributed by atoms with Gasteiger partial charge >= 0.3 is 5.69 Å². The number of amides is 1. The van der Waals surface area contributed by atoms with Crippen LogP contribution < -0.4 is 15.3 Å². The van der Waals surface area contributed by atoms with Gasteiger partial charge in [0.1, 0.15) is 24.1 Å². The number of likely N-dealkylation sites (tertiary alicyclic amines) is 1. The minimum atomic E-state index is -0.678. The lowest BCUT2D eigenvalue weighted by molar-refractivity contribution is -0.128. The van der Waals surface area contributed by atoms with Crippen molar-refractivity contribution in [2.24, 2.45) is 0 Å². The third-order valence-electron chi connectivity index (χ3n) is 8.86. The predicted octanol–water partition coefficient (Wildman–Crippen LogP) is 5.57. The number of anilines is 1. The molecule has 8 nitrogen and oxygen atoms in total. The topological polar surface area (TPSA) is 70.9 Å². The molecule has 3 aliphatic heterocycles. The average molecular weight is 608 g/mol. The fourth-order valence-electron chi connectivity index (χ4n) is 6.66. The van der Waals surface area contributed by atoms with Gasteiger partial charge < -0.3 is 19.4 Å². The summed E-state index contributed by atoms with van der Waals surface area (Å²) in [5.41, 5.74) is 1.85. The van der Waals surface area contributed by atoms with Gasteiger partial charge in [0, 0.05) is 54.3 Å². The van der Waals surface area contributed by atoms with E-state index in [9.17, 15) is 14.0 Å². The first-order valence-corrected chi connectivity index (χ1v) is 15.8. The Hall–Kier alpha value is -3.79. The Morgan fingerprint density at radius 3 is 2.52 bits per heavy atom. The zero-order valence-electron chi connectivity index (χ0n) is 26.4. The largest absolute Gasteiger partial charge is 0.488 e. The second-order valence-corrected chi connectivity index (χ2v) is 11.8. The highest BCUT2D eigenvalue weighted by Gasteiger charge is 2.37. The van der Waals surface area contributed by atoms with Crippen LogP contribution in [0.4, 0.5) is 14.6 Å². The molecule has 1 unspecified atom stereocenters. The number of hydrogen-bond donors (Lipinski definition) is 0. The van der Waals surface area contributed by atoms with E-state index in [1.54, 1.807) is 9.47 Å². The first kappa shape index (κ1) is 31.6. The van der Waals surface area contributed by atoms with Crippen molar-refractivity contribution in [2.75, 3.05) is 44.2 Å². The molecule has 3 aromatic rings. The molecule has 2 fully saturated rings. The number of benzene rings is 2. The molecule has 0 N–H and O–H groups in total. The zero-order chi connectivity index (χ0) is 31.7. The molecule has 2 aromatic carbocycles. The molecule has 2 saturated heterocycles. The highest BCUT2D eigenvalue weighted by Crippen LogP contribution is 2.46. The molecule has 0 radical (unpaired) electrons. The van der Waals surface area contributed by atoms with Crippen molar-refractivity contribution < 1.29 is 18.3 Å². The maximum Gasteiger partial charge on any atom is 0.350 e. The normalized spacial score (nSPS) is 21.3. The Balaban J connectivity index is 0.00000188. The molecule has 6 rings (SSSR count). The third-order valence-corrected chi connectivity index (χ3v) is 8.86. The van der Waals surface area contributed by atoms with Crippen molar-refractivity contribution >= 4 is 22.6 Å². The molecule has 44 heavy (non-hydrogen) atoms. The van der Waals surface area contributed by atoms with Crippen LogP contribution in [0.3, 0.4) is 0 Å². The quantitative estimate of drug-likeness (QED) is 0.327. The molecule has 3 atom stereocenters. The molecule has 0 saturated carbocycles. The number of nitrogens with zero attached hydrogens (tertiary/aromatic N) is 5. The van der Waals surface area contributed by atoms with Crippen LogP contribution in [0.25, 0.3) is 22.0 Å². The van der Waals surface area contributed by atoms with Gasteiger partial charge in [-0.25, -0.2) is 13.6 Å². The minimum absolute atomic E-state index is 0.121. The lowest BCUT2D eigenvalue weighted by Crippen LogP contribution is -2.58. The summed E-state index contributed by atoms with van der Waals surface area (Å²) < 4.78 is 37.5. The number of ether oxygens (including phenoxy) is 1. The monoisotopic (exact) mass is 607 g/mol. The van der Waals surface area contributed by atoms with Crippen LogP contribution in [0.5, 0.6) is 5.75 Å². The number of carbonyl (C=O) groups excluding carboxylic acids is 1. The Kier molecular flexibility index (Phi) is 9.39. The van der Waals surface area contributed by atoms with Gasteiger partial charge in [-0.1, -0.05) is 33.8 Å². The van der Waals surface area contributed by atoms with E-state index in [2.05, 4.69) is 16.4 Å². The molecule has 0 bridgehead atoms. The molecule has 4 heterocycles. The van der Waals surface area contributed by atoms with Gasteiger partial charge in [0.2, 0.25) is 5.91 Å². The molecule has 0 aliphatic carbocycles. The number of aryl methyl sites for hydroxylation is 1. The summed E-state index contributed by atoms with van der Waals surface area (Å²) in [5.74, 6) is -0.489. The van der Waals surface area contributed by atoms with Crippen LogP contribution in [0, 0.1) is 11.6 Å². The van der Waals surface area contributed by atoms with E-state index < -0.39 is 11.6 Å². The van der Waals surface area contributed by atoms with Crippen LogP contribution in [0.15, 0.2) is 41.7 Å². The van der Waals surface area contributed by atoms with Crippen molar-refractivity contribution in [3.63, 3.8) is 0 Å². The SMILES string of the molecule is C=CC(=O)N1C[C@H](C)N(c2nc(=O)n3c4c(c(-c5ccc(F)cc5F)c(CCC)cc24)OCC3CN2CCC2)C[C@H]1C.CC. The van der Waals surface area contributed by atoms with Gasteiger partial charge in [0.25, 0.3) is 0 Å². The maximum atomic E-state index is 15.3. The van der Waals surface area contributed by atoms with Crippen molar-refractivity contribution in [1.29, 1.82) is 0 Å². The molecule has 10 heteroatoms. The van der Waals surface area contributed by atoms with Crippen molar-refractivity contribution in [1.82, 2.24) is 19.4 Å². The standard InChI is InChI=1S/C32H37F2N5O3.C2H6/c1-5-8-21-13-25-29-30(28(21)24-10-9-22(33)14-26(24)34)42-18-23(17-36-11-7-12-36)39(29)32(41)35-31(25)38-16-19(3)37(15-20(38)4)27(40)6-2;1-2/h6,9-10,13-14,19-20,23H,2,5,7-8,11-12,15-18H2,1,3-4H3;1-2H3/t19-,20+,23?;/m1./s1. The van der Waals surface area contributed by atoms with E-state index in [4.69, 9.17) is 9.72 Å². The summed E-state index contributed by atoms with van der Waals surface area (Å²) in [7, 11) is 0. The van der Waals surface area contributed by atoms with Crippen LogP contribution in [0.2, 0.25) is 0 Å². The summed E-state index contributed by atoms with van der Waals surface area (Å²) in [6.07, 6.45) is 3.86. The summed E-state index contributed by atoms with van der Waals surface area (Å²) in [5, 5.41) is 0.759. The van der Waals surface area contributed by atoms with Crippen LogP contribution in [-0.4, -0.2) is 76.7 Å². The van der Waals surface area contributed by atoms with E-state index in [0.717, 1.165) is 42.9 Å². The maximum absolute atomic E-state index is 15.3. The van der Waals surface area contributed by atoms with E-state index in [1.807, 2.05) is 40.7 Å². The number of carbonyl (C=O) groups is 1. The Bertz CT molecular complexity index is 1620. The molecule has 1 aromatic heterocycles. The molecular formula is C34H43F2N5O3. The lowest BCUT2D eigenvalue weighted by atomic mass is 9.92. The van der Waals surface area contributed by atoms with E-state index in [0.29, 0.717) is 48.7 Å². The molecule has 0 spiro atoms. The fraction of sp³-hybridized carbons (Fsp3) is 0.500. The van der Waals surface area contributed by atoms with Gasteiger partial charge in [-0.05, 0) is 69.6 Å². The molecule has 3 aliphatic rings. The van der Waals surface area contributed by atoms with Crippen molar-refractivity contribution in [3.05, 3.63) is 64.6 Å². The second kappa shape index (κ2) is 13.1. The third kappa shape index (κ3) is 5.60. The van der Waals surface area contributed by atoms with Gasteiger partial charge in [-0.2, -0.15) is 4.98 Å². The van der Waals surface area contributed by atoms with E-state index in [-0.39, 0.29) is 41.9 Å². The van der Waals surface area contributed by atoms with Gasteiger partial charge in [0.15, 0.2) is 5.75 Å². The number of hydrogen-bond acceptors (Lipinski definition) is 6. The lowest BCUT2D eigenvalue weighted by Gasteiger charge is -2.45. The first-order chi connectivity index (χ1) is 21.2. The molecule has 236 valence electrons.